The van der Waals surface area contributed by atoms with E-state index in [1.807, 2.05) is 0 Å². The molecule has 0 bridgehead atoms. The van der Waals surface area contributed by atoms with Gasteiger partial charge in [0.2, 0.25) is 0 Å². The van der Waals surface area contributed by atoms with Gasteiger partial charge in [0.1, 0.15) is 17.2 Å². The topological polar surface area (TPSA) is 139 Å². The average Bonchev–Trinajstić information content (AvgIpc) is 2.57. The fourth-order valence-electron chi connectivity index (χ4n) is 2.84. The molecular weight excluding hydrogens is 318 g/mol. The number of benzene rings is 3. The first-order valence-electron chi connectivity index (χ1n) is 7.62. The predicted octanol–water partition coefficient (Wildman–Crippen LogP) is 2.73. The van der Waals surface area contributed by atoms with Crippen LogP contribution in [-0.2, 0) is 0 Å². The zero-order chi connectivity index (χ0) is 18.1. The second-order valence-corrected chi connectivity index (χ2v) is 5.89. The lowest BCUT2D eigenvalue weighted by Gasteiger charge is -2.21. The maximum atomic E-state index is 9.70. The van der Waals surface area contributed by atoms with Crippen molar-refractivity contribution in [3.05, 3.63) is 71.3 Å². The molecule has 0 saturated carbocycles. The highest BCUT2D eigenvalue weighted by atomic mass is 16.3. The van der Waals surface area contributed by atoms with Crippen LogP contribution in [0.3, 0.4) is 0 Å². The van der Waals surface area contributed by atoms with Gasteiger partial charge in [-0.15, -0.1) is 0 Å². The molecule has 25 heavy (non-hydrogen) atoms. The summed E-state index contributed by atoms with van der Waals surface area (Å²) >= 11 is 0. The molecule has 6 heteroatoms. The van der Waals surface area contributed by atoms with Crippen molar-refractivity contribution in [2.75, 3.05) is 17.2 Å². The van der Waals surface area contributed by atoms with E-state index in [-0.39, 0.29) is 40.2 Å². The molecule has 6 nitrogen and oxygen atoms in total. The number of phenols is 3. The van der Waals surface area contributed by atoms with Gasteiger partial charge in [-0.05, 0) is 53.1 Å². The number of aromatic hydroxyl groups is 3. The summed E-state index contributed by atoms with van der Waals surface area (Å²) < 4.78 is 0. The monoisotopic (exact) mass is 337 g/mol. The third-order valence-electron chi connectivity index (χ3n) is 4.15. The molecule has 3 aromatic carbocycles. The number of hydrogen-bond acceptors (Lipinski definition) is 6. The first-order valence-corrected chi connectivity index (χ1v) is 7.62. The number of phenolic OH excluding ortho intramolecular Hbond substituents is 3. The van der Waals surface area contributed by atoms with Gasteiger partial charge >= 0.3 is 0 Å². The number of nitrogen functional groups attached to an aromatic ring is 3. The van der Waals surface area contributed by atoms with Crippen molar-refractivity contribution in [2.45, 2.75) is 5.92 Å². The van der Waals surface area contributed by atoms with Crippen molar-refractivity contribution in [3.63, 3.8) is 0 Å². The van der Waals surface area contributed by atoms with Crippen LogP contribution in [0, 0.1) is 0 Å². The minimum absolute atomic E-state index is 0.00191. The van der Waals surface area contributed by atoms with Gasteiger partial charge in [0.25, 0.3) is 0 Å². The second-order valence-electron chi connectivity index (χ2n) is 5.89. The highest BCUT2D eigenvalue weighted by Gasteiger charge is 2.19. The smallest absolute Gasteiger partial charge is 0.138 e. The number of nitrogens with two attached hydrogens (primary N) is 3. The van der Waals surface area contributed by atoms with E-state index in [1.54, 1.807) is 36.4 Å². The van der Waals surface area contributed by atoms with Crippen LogP contribution in [-0.4, -0.2) is 15.3 Å². The van der Waals surface area contributed by atoms with Gasteiger partial charge < -0.3 is 32.5 Å². The molecule has 0 spiro atoms. The van der Waals surface area contributed by atoms with Crippen LogP contribution < -0.4 is 17.2 Å². The standard InChI is InChI=1S/C19H19N3O3/c20-13-7-10(1-4-16(13)23)19(11-2-5-17(24)14(21)8-11)12-3-6-18(25)15(22)9-12/h1-9,19,23-25H,20-22H2. The predicted molar refractivity (Wildman–Crippen MR) is 98.5 cm³/mol. The van der Waals surface area contributed by atoms with E-state index in [4.69, 9.17) is 17.2 Å². The zero-order valence-electron chi connectivity index (χ0n) is 13.3. The van der Waals surface area contributed by atoms with Gasteiger partial charge in [-0.25, -0.2) is 0 Å². The normalized spacial score (nSPS) is 10.9. The molecule has 0 fully saturated rings. The van der Waals surface area contributed by atoms with Crippen molar-refractivity contribution >= 4 is 17.1 Å². The van der Waals surface area contributed by atoms with Crippen molar-refractivity contribution in [1.82, 2.24) is 0 Å². The molecule has 0 aromatic heterocycles. The molecule has 0 heterocycles. The van der Waals surface area contributed by atoms with Gasteiger partial charge in [0.15, 0.2) is 0 Å². The molecule has 0 aliphatic heterocycles. The maximum Gasteiger partial charge on any atom is 0.138 e. The fourth-order valence-corrected chi connectivity index (χ4v) is 2.84. The van der Waals surface area contributed by atoms with Crippen LogP contribution in [0.25, 0.3) is 0 Å². The largest absolute Gasteiger partial charge is 0.506 e. The average molecular weight is 337 g/mol. The Bertz CT molecular complexity index is 819. The fraction of sp³-hybridized carbons (Fsp3) is 0.0526. The molecule has 0 unspecified atom stereocenters. The summed E-state index contributed by atoms with van der Waals surface area (Å²) in [5, 5.41) is 29.1. The van der Waals surface area contributed by atoms with Gasteiger partial charge in [-0.2, -0.15) is 0 Å². The zero-order valence-corrected chi connectivity index (χ0v) is 13.3. The molecule has 0 atom stereocenters. The van der Waals surface area contributed by atoms with E-state index in [1.165, 1.54) is 18.2 Å². The third-order valence-corrected chi connectivity index (χ3v) is 4.15. The Morgan fingerprint density at radius 1 is 0.520 bits per heavy atom. The van der Waals surface area contributed by atoms with Crippen molar-refractivity contribution in [1.29, 1.82) is 0 Å². The summed E-state index contributed by atoms with van der Waals surface area (Å²) in [5.74, 6) is -0.303. The van der Waals surface area contributed by atoms with E-state index in [9.17, 15) is 15.3 Å². The Morgan fingerprint density at radius 2 is 0.800 bits per heavy atom. The van der Waals surface area contributed by atoms with Crippen LogP contribution in [0.1, 0.15) is 22.6 Å². The number of anilines is 3. The summed E-state index contributed by atoms with van der Waals surface area (Å²) in [5.41, 5.74) is 20.7. The van der Waals surface area contributed by atoms with E-state index in [0.717, 1.165) is 16.7 Å². The molecule has 0 aliphatic rings. The summed E-state index contributed by atoms with van der Waals surface area (Å²) in [6.45, 7) is 0. The van der Waals surface area contributed by atoms with Crippen molar-refractivity contribution < 1.29 is 15.3 Å². The van der Waals surface area contributed by atoms with Gasteiger partial charge in [-0.1, -0.05) is 18.2 Å². The van der Waals surface area contributed by atoms with Crippen LogP contribution >= 0.6 is 0 Å². The van der Waals surface area contributed by atoms with Gasteiger partial charge in [0.05, 0.1) is 17.1 Å². The third kappa shape index (κ3) is 3.10. The molecule has 0 aliphatic carbocycles. The van der Waals surface area contributed by atoms with E-state index >= 15 is 0 Å². The Kier molecular flexibility index (Phi) is 4.02. The second kappa shape index (κ2) is 6.16. The lowest BCUT2D eigenvalue weighted by atomic mass is 9.84. The molecule has 0 saturated heterocycles. The van der Waals surface area contributed by atoms with E-state index in [0.29, 0.717) is 0 Å². The van der Waals surface area contributed by atoms with Crippen molar-refractivity contribution in [2.24, 2.45) is 0 Å². The summed E-state index contributed by atoms with van der Waals surface area (Å²) in [7, 11) is 0. The van der Waals surface area contributed by atoms with Crippen LogP contribution in [0.5, 0.6) is 17.2 Å². The molecule has 3 rings (SSSR count). The molecule has 128 valence electrons. The minimum Gasteiger partial charge on any atom is -0.506 e. The summed E-state index contributed by atoms with van der Waals surface area (Å²) in [4.78, 5) is 0. The summed E-state index contributed by atoms with van der Waals surface area (Å²) in [6.07, 6.45) is 0. The molecule has 3 aromatic rings. The highest BCUT2D eigenvalue weighted by Crippen LogP contribution is 2.38. The van der Waals surface area contributed by atoms with E-state index < -0.39 is 0 Å². The summed E-state index contributed by atoms with van der Waals surface area (Å²) in [6, 6.07) is 14.8. The highest BCUT2D eigenvalue weighted by molar-refractivity contribution is 5.62. The lowest BCUT2D eigenvalue weighted by Crippen LogP contribution is -2.06. The maximum absolute atomic E-state index is 9.70. The van der Waals surface area contributed by atoms with Crippen LogP contribution in [0.2, 0.25) is 0 Å². The Hall–Kier alpha value is -3.54. The molecule has 9 N–H and O–H groups in total. The quantitative estimate of drug-likeness (QED) is 0.247. The SMILES string of the molecule is Nc1cc(C(c2ccc(O)c(N)c2)c2ccc(O)c(N)c2)ccc1O. The van der Waals surface area contributed by atoms with Gasteiger partial charge in [0, 0.05) is 5.92 Å². The first kappa shape index (κ1) is 16.3. The number of hydrogen-bond donors (Lipinski definition) is 6. The van der Waals surface area contributed by atoms with Crippen LogP contribution in [0.15, 0.2) is 54.6 Å². The van der Waals surface area contributed by atoms with Crippen LogP contribution in [0.4, 0.5) is 17.1 Å². The first-order chi connectivity index (χ1) is 11.9. The Morgan fingerprint density at radius 3 is 1.04 bits per heavy atom. The van der Waals surface area contributed by atoms with E-state index in [2.05, 4.69) is 0 Å². The molecule has 0 amide bonds. The van der Waals surface area contributed by atoms with Gasteiger partial charge in [-0.3, -0.25) is 0 Å². The molecule has 0 radical (unpaired) electrons. The lowest BCUT2D eigenvalue weighted by molar-refractivity contribution is 0.477. The number of rotatable bonds is 3. The minimum atomic E-state index is -0.298. The Balaban J connectivity index is 2.21. The Labute approximate surface area is 144 Å². The van der Waals surface area contributed by atoms with Crippen molar-refractivity contribution in [3.8, 4) is 17.2 Å². The molecular formula is C19H19N3O3.